The van der Waals surface area contributed by atoms with Crippen LogP contribution in [0.25, 0.3) is 0 Å². The second kappa shape index (κ2) is 9.11. The first-order valence-corrected chi connectivity index (χ1v) is 11.8. The van der Waals surface area contributed by atoms with Crippen LogP contribution in [0.3, 0.4) is 0 Å². The van der Waals surface area contributed by atoms with Gasteiger partial charge in [-0.3, -0.25) is 4.79 Å². The number of carbonyl (C=O) groups excluding carboxylic acids is 1. The number of carbonyl (C=O) groups is 1. The van der Waals surface area contributed by atoms with Crippen LogP contribution in [0.5, 0.6) is 0 Å². The maximum Gasteiger partial charge on any atom is 0.243 e. The predicted octanol–water partition coefficient (Wildman–Crippen LogP) is 3.09. The van der Waals surface area contributed by atoms with E-state index in [1.54, 1.807) is 28.6 Å². The van der Waals surface area contributed by atoms with Crippen LogP contribution in [0, 0.1) is 5.92 Å². The molecule has 2 aromatic rings. The number of nitrogens with one attached hydrogen (secondary N) is 1. The summed E-state index contributed by atoms with van der Waals surface area (Å²) in [6, 6.07) is 6.55. The number of hydrogen-bond acceptors (Lipinski definition) is 6. The third-order valence-corrected chi connectivity index (χ3v) is 7.31. The average Bonchev–Trinajstić information content (AvgIpc) is 3.08. The second-order valence-electron chi connectivity index (χ2n) is 7.43. The minimum Gasteiger partial charge on any atom is -0.300 e. The molecule has 1 aromatic carbocycles. The predicted molar refractivity (Wildman–Crippen MR) is 110 cm³/mol. The molecule has 3 rings (SSSR count). The molecule has 1 N–H and O–H groups in total. The Kier molecular flexibility index (Phi) is 6.79. The van der Waals surface area contributed by atoms with E-state index in [0.717, 1.165) is 36.3 Å². The number of aromatic nitrogens is 2. The number of sulfonamides is 1. The zero-order valence-corrected chi connectivity index (χ0v) is 17.9. The molecule has 9 heteroatoms. The quantitative estimate of drug-likeness (QED) is 0.740. The highest BCUT2D eigenvalue weighted by Crippen LogP contribution is 2.22. The van der Waals surface area contributed by atoms with Gasteiger partial charge in [0.15, 0.2) is 0 Å². The Bertz CT molecular complexity index is 902. The van der Waals surface area contributed by atoms with Crippen LogP contribution in [0.4, 0.5) is 5.13 Å². The molecule has 1 fully saturated rings. The van der Waals surface area contributed by atoms with Crippen molar-refractivity contribution in [2.75, 3.05) is 18.4 Å². The lowest BCUT2D eigenvalue weighted by molar-refractivity contribution is -0.115. The van der Waals surface area contributed by atoms with E-state index >= 15 is 0 Å². The molecule has 1 aliphatic heterocycles. The summed E-state index contributed by atoms with van der Waals surface area (Å²) < 4.78 is 26.9. The van der Waals surface area contributed by atoms with E-state index in [0.29, 0.717) is 24.1 Å². The molecule has 1 amide bonds. The fraction of sp³-hybridized carbons (Fsp3) is 0.526. The van der Waals surface area contributed by atoms with Crippen molar-refractivity contribution in [2.24, 2.45) is 5.92 Å². The van der Waals surface area contributed by atoms with Gasteiger partial charge in [0, 0.05) is 19.5 Å². The van der Waals surface area contributed by atoms with Gasteiger partial charge in [0.05, 0.1) is 11.3 Å². The van der Waals surface area contributed by atoms with Crippen LogP contribution in [0.1, 0.15) is 43.7 Å². The van der Waals surface area contributed by atoms with Gasteiger partial charge in [-0.15, -0.1) is 10.2 Å². The monoisotopic (exact) mass is 422 g/mol. The Balaban J connectivity index is 1.59. The third kappa shape index (κ3) is 5.36. The molecule has 28 heavy (non-hydrogen) atoms. The van der Waals surface area contributed by atoms with Gasteiger partial charge in [-0.2, -0.15) is 4.31 Å². The van der Waals surface area contributed by atoms with E-state index in [-0.39, 0.29) is 17.2 Å². The summed E-state index contributed by atoms with van der Waals surface area (Å²) >= 11 is 1.38. The lowest BCUT2D eigenvalue weighted by Gasteiger charge is -2.25. The van der Waals surface area contributed by atoms with Crippen molar-refractivity contribution < 1.29 is 13.2 Å². The van der Waals surface area contributed by atoms with Gasteiger partial charge < -0.3 is 5.32 Å². The number of nitrogens with zero attached hydrogens (tertiary/aromatic N) is 3. The van der Waals surface area contributed by atoms with E-state index in [4.69, 9.17) is 0 Å². The number of benzene rings is 1. The average molecular weight is 423 g/mol. The summed E-state index contributed by atoms with van der Waals surface area (Å²) in [6.07, 6.45) is 3.88. The minimum atomic E-state index is -3.45. The molecule has 7 nitrogen and oxygen atoms in total. The molecule has 0 radical (unpaired) electrons. The number of hydrogen-bond donors (Lipinski definition) is 1. The smallest absolute Gasteiger partial charge is 0.243 e. The minimum absolute atomic E-state index is 0.156. The van der Waals surface area contributed by atoms with Crippen molar-refractivity contribution >= 4 is 32.4 Å². The van der Waals surface area contributed by atoms with E-state index < -0.39 is 10.0 Å². The maximum absolute atomic E-state index is 12.7. The molecule has 0 atom stereocenters. The summed E-state index contributed by atoms with van der Waals surface area (Å²) in [5, 5.41) is 12.2. The van der Waals surface area contributed by atoms with Crippen molar-refractivity contribution in [1.82, 2.24) is 14.5 Å². The van der Waals surface area contributed by atoms with Crippen LogP contribution >= 0.6 is 11.3 Å². The molecule has 0 bridgehead atoms. The van der Waals surface area contributed by atoms with Crippen LogP contribution in [0.2, 0.25) is 0 Å². The van der Waals surface area contributed by atoms with E-state index in [9.17, 15) is 13.2 Å². The molecular formula is C19H26N4O3S2. The van der Waals surface area contributed by atoms with Gasteiger partial charge in [0.25, 0.3) is 0 Å². The van der Waals surface area contributed by atoms with Gasteiger partial charge >= 0.3 is 0 Å². The number of anilines is 1. The van der Waals surface area contributed by atoms with E-state index in [1.807, 2.05) is 0 Å². The van der Waals surface area contributed by atoms with Crippen LogP contribution in [0.15, 0.2) is 29.2 Å². The third-order valence-electron chi connectivity index (χ3n) is 4.54. The maximum atomic E-state index is 12.7. The molecule has 2 heterocycles. The lowest BCUT2D eigenvalue weighted by atomic mass is 10.1. The Hall–Kier alpha value is -1.84. The fourth-order valence-electron chi connectivity index (χ4n) is 3.12. The number of amides is 1. The first-order chi connectivity index (χ1) is 13.3. The van der Waals surface area contributed by atoms with E-state index in [2.05, 4.69) is 29.4 Å². The van der Waals surface area contributed by atoms with Crippen LogP contribution in [-0.2, 0) is 27.7 Å². The molecule has 0 saturated carbocycles. The van der Waals surface area contributed by atoms with Gasteiger partial charge in [-0.1, -0.05) is 43.7 Å². The summed E-state index contributed by atoms with van der Waals surface area (Å²) in [6.45, 7) is 5.36. The van der Waals surface area contributed by atoms with E-state index in [1.165, 1.54) is 11.3 Å². The second-order valence-corrected chi connectivity index (χ2v) is 10.4. The van der Waals surface area contributed by atoms with Gasteiger partial charge in [0.1, 0.15) is 5.01 Å². The lowest BCUT2D eigenvalue weighted by Crippen LogP contribution is -2.35. The highest BCUT2D eigenvalue weighted by molar-refractivity contribution is 7.89. The Morgan fingerprint density at radius 2 is 1.82 bits per heavy atom. The summed E-state index contributed by atoms with van der Waals surface area (Å²) in [5.74, 6) is 0.287. The highest BCUT2D eigenvalue weighted by atomic mass is 32.2. The van der Waals surface area contributed by atoms with Crippen LogP contribution < -0.4 is 5.32 Å². The zero-order chi connectivity index (χ0) is 20.1. The Labute approximate surface area is 170 Å². The Morgan fingerprint density at radius 3 is 2.46 bits per heavy atom. The molecule has 1 aromatic heterocycles. The van der Waals surface area contributed by atoms with Gasteiger partial charge in [-0.25, -0.2) is 8.42 Å². The van der Waals surface area contributed by atoms with Gasteiger partial charge in [0.2, 0.25) is 21.1 Å². The largest absolute Gasteiger partial charge is 0.300 e. The summed E-state index contributed by atoms with van der Waals surface area (Å²) in [4.78, 5) is 12.5. The normalized spacial score (nSPS) is 15.7. The van der Waals surface area contributed by atoms with Crippen molar-refractivity contribution in [3.8, 4) is 0 Å². The first-order valence-electron chi connectivity index (χ1n) is 9.56. The van der Waals surface area contributed by atoms with Crippen molar-refractivity contribution in [3.05, 3.63) is 34.8 Å². The summed E-state index contributed by atoms with van der Waals surface area (Å²) in [5.41, 5.74) is 0.752. The molecule has 0 spiro atoms. The molecule has 1 saturated heterocycles. The first kappa shape index (κ1) is 20.9. The molecule has 0 unspecified atom stereocenters. The van der Waals surface area contributed by atoms with Crippen molar-refractivity contribution in [2.45, 2.75) is 50.8 Å². The molecule has 0 aliphatic carbocycles. The standard InChI is InChI=1S/C19H26N4O3S2/c1-14(2)12-18-21-22-19(27-18)20-17(24)13-15-6-8-16(9-7-15)28(25,26)23-10-4-3-5-11-23/h6-9,14H,3-5,10-13H2,1-2H3,(H,20,22,24). The number of piperidine rings is 1. The number of rotatable bonds is 7. The van der Waals surface area contributed by atoms with Crippen molar-refractivity contribution in [3.63, 3.8) is 0 Å². The fourth-order valence-corrected chi connectivity index (χ4v) is 5.60. The Morgan fingerprint density at radius 1 is 1.14 bits per heavy atom. The van der Waals surface area contributed by atoms with Crippen LogP contribution in [-0.4, -0.2) is 41.9 Å². The molecular weight excluding hydrogens is 396 g/mol. The topological polar surface area (TPSA) is 92.3 Å². The molecule has 1 aliphatic rings. The van der Waals surface area contributed by atoms with Gasteiger partial charge in [-0.05, 0) is 36.5 Å². The molecule has 152 valence electrons. The zero-order valence-electron chi connectivity index (χ0n) is 16.2. The van der Waals surface area contributed by atoms with Crippen molar-refractivity contribution in [1.29, 1.82) is 0 Å². The summed E-state index contributed by atoms with van der Waals surface area (Å²) in [7, 11) is -3.45. The highest BCUT2D eigenvalue weighted by Gasteiger charge is 2.25. The SMILES string of the molecule is CC(C)Cc1nnc(NC(=O)Cc2ccc(S(=O)(=O)N3CCCCC3)cc2)s1.